The van der Waals surface area contributed by atoms with Crippen LogP contribution in [-0.2, 0) is 0 Å². The van der Waals surface area contributed by atoms with E-state index in [0.29, 0.717) is 17.9 Å². The fourth-order valence-corrected chi connectivity index (χ4v) is 2.55. The van der Waals surface area contributed by atoms with Crippen LogP contribution in [0.2, 0.25) is 0 Å². The quantitative estimate of drug-likeness (QED) is 0.745. The van der Waals surface area contributed by atoms with Gasteiger partial charge in [0, 0.05) is 12.0 Å². The third-order valence-electron chi connectivity index (χ3n) is 3.79. The number of unbranched alkanes of at least 4 members (excludes halogenated alkanes) is 1. The Morgan fingerprint density at radius 2 is 1.76 bits per heavy atom. The minimum absolute atomic E-state index is 0.298. The van der Waals surface area contributed by atoms with Gasteiger partial charge in [0.2, 0.25) is 0 Å². The van der Waals surface area contributed by atoms with E-state index in [0.717, 1.165) is 6.42 Å². The van der Waals surface area contributed by atoms with E-state index in [9.17, 15) is 0 Å². The molecule has 0 spiro atoms. The van der Waals surface area contributed by atoms with E-state index in [1.54, 1.807) is 0 Å². The van der Waals surface area contributed by atoms with E-state index in [1.807, 2.05) is 0 Å². The number of nitrogens with two attached hydrogens (primary N) is 1. The van der Waals surface area contributed by atoms with Gasteiger partial charge in [0.1, 0.15) is 0 Å². The van der Waals surface area contributed by atoms with Gasteiger partial charge in [-0.25, -0.2) is 0 Å². The Morgan fingerprint density at radius 3 is 2.29 bits per heavy atom. The zero-order valence-corrected chi connectivity index (χ0v) is 11.5. The average Bonchev–Trinajstić information content (AvgIpc) is 2.37. The summed E-state index contributed by atoms with van der Waals surface area (Å²) in [5.74, 6) is 1.16. The second-order valence-electron chi connectivity index (χ2n) is 5.13. The maximum atomic E-state index is 6.41. The molecule has 0 saturated heterocycles. The third-order valence-corrected chi connectivity index (χ3v) is 3.79. The minimum atomic E-state index is 0.298. The van der Waals surface area contributed by atoms with E-state index < -0.39 is 0 Å². The summed E-state index contributed by atoms with van der Waals surface area (Å²) in [6, 6.07) is 11.1. The zero-order chi connectivity index (χ0) is 12.7. The fraction of sp³-hybridized carbons (Fsp3) is 0.625. The van der Waals surface area contributed by atoms with E-state index in [2.05, 4.69) is 51.1 Å². The van der Waals surface area contributed by atoms with Gasteiger partial charge in [0.05, 0.1) is 0 Å². The first kappa shape index (κ1) is 14.2. The molecule has 17 heavy (non-hydrogen) atoms. The van der Waals surface area contributed by atoms with Gasteiger partial charge < -0.3 is 5.73 Å². The van der Waals surface area contributed by atoms with Crippen LogP contribution in [0.1, 0.15) is 57.9 Å². The molecule has 0 fully saturated rings. The summed E-state index contributed by atoms with van der Waals surface area (Å²) in [4.78, 5) is 0. The summed E-state index contributed by atoms with van der Waals surface area (Å²) in [5, 5.41) is 0. The maximum absolute atomic E-state index is 6.41. The van der Waals surface area contributed by atoms with Gasteiger partial charge in [-0.05, 0) is 17.9 Å². The van der Waals surface area contributed by atoms with Crippen LogP contribution in [0.4, 0.5) is 0 Å². The summed E-state index contributed by atoms with van der Waals surface area (Å²) in [6.07, 6.45) is 4.80. The Balaban J connectivity index is 2.80. The molecule has 0 amide bonds. The zero-order valence-electron chi connectivity index (χ0n) is 11.5. The predicted molar refractivity (Wildman–Crippen MR) is 76.1 cm³/mol. The molecule has 0 aromatic heterocycles. The van der Waals surface area contributed by atoms with Gasteiger partial charge in [-0.15, -0.1) is 0 Å². The lowest BCUT2D eigenvalue weighted by Gasteiger charge is -2.29. The third kappa shape index (κ3) is 4.16. The van der Waals surface area contributed by atoms with Gasteiger partial charge >= 0.3 is 0 Å². The first-order valence-corrected chi connectivity index (χ1v) is 7.01. The van der Waals surface area contributed by atoms with Crippen molar-refractivity contribution in [2.75, 3.05) is 0 Å². The van der Waals surface area contributed by atoms with Gasteiger partial charge in [-0.3, -0.25) is 0 Å². The monoisotopic (exact) mass is 233 g/mol. The maximum Gasteiger partial charge on any atom is 0.0110 e. The normalized spacial score (nSPS) is 16.5. The van der Waals surface area contributed by atoms with Crippen LogP contribution in [0.25, 0.3) is 0 Å². The molecule has 0 heterocycles. The van der Waals surface area contributed by atoms with Crippen molar-refractivity contribution in [3.8, 4) is 0 Å². The highest BCUT2D eigenvalue weighted by atomic mass is 14.7. The van der Waals surface area contributed by atoms with Crippen LogP contribution in [0.5, 0.6) is 0 Å². The van der Waals surface area contributed by atoms with E-state index >= 15 is 0 Å². The molecule has 0 aliphatic rings. The molecule has 0 aliphatic carbocycles. The molecule has 1 rings (SSSR count). The van der Waals surface area contributed by atoms with Crippen LogP contribution < -0.4 is 5.73 Å². The van der Waals surface area contributed by atoms with Crippen molar-refractivity contribution in [2.45, 2.75) is 58.4 Å². The van der Waals surface area contributed by atoms with Gasteiger partial charge in [0.25, 0.3) is 0 Å². The molecule has 0 aliphatic heterocycles. The van der Waals surface area contributed by atoms with Crippen LogP contribution in [-0.4, -0.2) is 6.04 Å². The Bertz CT molecular complexity index is 294. The number of benzene rings is 1. The van der Waals surface area contributed by atoms with Crippen molar-refractivity contribution >= 4 is 0 Å². The summed E-state index contributed by atoms with van der Waals surface area (Å²) < 4.78 is 0. The Labute approximate surface area is 106 Å². The van der Waals surface area contributed by atoms with Crippen LogP contribution in [0.3, 0.4) is 0 Å². The number of rotatable bonds is 7. The molecule has 0 bridgehead atoms. The second-order valence-corrected chi connectivity index (χ2v) is 5.13. The van der Waals surface area contributed by atoms with Crippen molar-refractivity contribution in [2.24, 2.45) is 11.7 Å². The van der Waals surface area contributed by atoms with Gasteiger partial charge in [-0.2, -0.15) is 0 Å². The first-order chi connectivity index (χ1) is 8.20. The van der Waals surface area contributed by atoms with E-state index in [-0.39, 0.29) is 0 Å². The van der Waals surface area contributed by atoms with E-state index in [1.165, 1.54) is 24.8 Å². The SMILES string of the molecule is CCCCC(N)C(c1ccccc1)C(C)CC. The summed E-state index contributed by atoms with van der Waals surface area (Å²) in [5.41, 5.74) is 7.82. The number of hydrogen-bond donors (Lipinski definition) is 1. The van der Waals surface area contributed by atoms with Crippen molar-refractivity contribution in [3.63, 3.8) is 0 Å². The summed E-state index contributed by atoms with van der Waals surface area (Å²) in [6.45, 7) is 6.81. The fourth-order valence-electron chi connectivity index (χ4n) is 2.55. The van der Waals surface area contributed by atoms with Crippen molar-refractivity contribution in [1.82, 2.24) is 0 Å². The van der Waals surface area contributed by atoms with Crippen molar-refractivity contribution in [1.29, 1.82) is 0 Å². The topological polar surface area (TPSA) is 26.0 Å². The molecule has 3 atom stereocenters. The molecule has 1 nitrogen and oxygen atoms in total. The first-order valence-electron chi connectivity index (χ1n) is 7.01. The molecule has 3 unspecified atom stereocenters. The highest BCUT2D eigenvalue weighted by molar-refractivity contribution is 5.22. The molecular formula is C16H27N. The molecule has 0 radical (unpaired) electrons. The smallest absolute Gasteiger partial charge is 0.0110 e. The van der Waals surface area contributed by atoms with Crippen molar-refractivity contribution < 1.29 is 0 Å². The molecule has 0 saturated carbocycles. The van der Waals surface area contributed by atoms with Gasteiger partial charge in [0.15, 0.2) is 0 Å². The molecule has 1 heteroatoms. The lowest BCUT2D eigenvalue weighted by atomic mass is 9.79. The Morgan fingerprint density at radius 1 is 1.12 bits per heavy atom. The lowest BCUT2D eigenvalue weighted by Crippen LogP contribution is -2.32. The largest absolute Gasteiger partial charge is 0.327 e. The highest BCUT2D eigenvalue weighted by Gasteiger charge is 2.24. The molecule has 1 aromatic rings. The number of hydrogen-bond acceptors (Lipinski definition) is 1. The van der Waals surface area contributed by atoms with E-state index in [4.69, 9.17) is 5.73 Å². The highest BCUT2D eigenvalue weighted by Crippen LogP contribution is 2.31. The van der Waals surface area contributed by atoms with Crippen molar-refractivity contribution in [3.05, 3.63) is 35.9 Å². The molecule has 96 valence electrons. The predicted octanol–water partition coefficient (Wildman–Crippen LogP) is 4.33. The lowest BCUT2D eigenvalue weighted by molar-refractivity contribution is 0.363. The summed E-state index contributed by atoms with van der Waals surface area (Å²) >= 11 is 0. The average molecular weight is 233 g/mol. The molecule has 2 N–H and O–H groups in total. The standard InChI is InChI=1S/C16H27N/c1-4-6-12-15(17)16(13(3)5-2)14-10-8-7-9-11-14/h7-11,13,15-16H,4-6,12,17H2,1-3H3. The van der Waals surface area contributed by atoms with Crippen LogP contribution in [0.15, 0.2) is 30.3 Å². The van der Waals surface area contributed by atoms with Crippen LogP contribution in [0, 0.1) is 5.92 Å². The Hall–Kier alpha value is -0.820. The molecule has 1 aromatic carbocycles. The van der Waals surface area contributed by atoms with Gasteiger partial charge in [-0.1, -0.05) is 70.4 Å². The minimum Gasteiger partial charge on any atom is -0.327 e. The summed E-state index contributed by atoms with van der Waals surface area (Å²) in [7, 11) is 0. The Kier molecular flexibility index (Phi) is 6.28. The van der Waals surface area contributed by atoms with Crippen LogP contribution >= 0.6 is 0 Å². The molecular weight excluding hydrogens is 206 g/mol. The second kappa shape index (κ2) is 7.50.